The van der Waals surface area contributed by atoms with Crippen LogP contribution in [0.5, 0.6) is 0 Å². The van der Waals surface area contributed by atoms with Crippen LogP contribution in [0.3, 0.4) is 0 Å². The Kier molecular flexibility index (Phi) is 4.41. The van der Waals surface area contributed by atoms with Gasteiger partial charge in [-0.3, -0.25) is 9.59 Å². The molecule has 0 aliphatic carbocycles. The Morgan fingerprint density at radius 1 is 1.10 bits per heavy atom. The first-order chi connectivity index (χ1) is 9.97. The molecule has 0 amide bonds. The van der Waals surface area contributed by atoms with Crippen LogP contribution in [-0.2, 0) is 20.7 Å². The number of hydrogen-bond acceptors (Lipinski definition) is 3. The van der Waals surface area contributed by atoms with Crippen LogP contribution in [0.15, 0.2) is 42.5 Å². The van der Waals surface area contributed by atoms with Crippen molar-refractivity contribution in [1.29, 1.82) is 0 Å². The molecule has 0 bridgehead atoms. The van der Waals surface area contributed by atoms with Gasteiger partial charge < -0.3 is 4.74 Å². The van der Waals surface area contributed by atoms with Gasteiger partial charge in [-0.2, -0.15) is 0 Å². The fraction of sp³-hybridized carbons (Fsp3) is 0.333. The van der Waals surface area contributed by atoms with Gasteiger partial charge in [-0.25, -0.2) is 0 Å². The molecule has 0 aliphatic rings. The first-order valence-electron chi connectivity index (χ1n) is 7.13. The molecule has 0 saturated carbocycles. The number of ether oxygens (including phenoxy) is 1. The van der Waals surface area contributed by atoms with Gasteiger partial charge in [0.05, 0.1) is 6.61 Å². The largest absolute Gasteiger partial charge is 0.465 e. The van der Waals surface area contributed by atoms with Crippen LogP contribution in [0.1, 0.15) is 26.3 Å². The molecular weight excluding hydrogens is 264 g/mol. The van der Waals surface area contributed by atoms with E-state index in [4.69, 9.17) is 4.74 Å². The monoisotopic (exact) mass is 284 g/mol. The van der Waals surface area contributed by atoms with Crippen molar-refractivity contribution in [2.24, 2.45) is 5.41 Å². The SMILES string of the molecule is CCOC(=O)[C@](C)(Cc1ccc2ccccc2c1)C(C)=O. The third kappa shape index (κ3) is 3.13. The molecule has 0 unspecified atom stereocenters. The normalized spacial score (nSPS) is 13.7. The molecule has 2 aromatic carbocycles. The van der Waals surface area contributed by atoms with Crippen LogP contribution >= 0.6 is 0 Å². The lowest BCUT2D eigenvalue weighted by atomic mass is 9.80. The highest BCUT2D eigenvalue weighted by molar-refractivity contribution is 6.02. The number of esters is 1. The zero-order chi connectivity index (χ0) is 15.5. The van der Waals surface area contributed by atoms with E-state index < -0.39 is 11.4 Å². The summed E-state index contributed by atoms with van der Waals surface area (Å²) in [6, 6.07) is 14.0. The second-order valence-electron chi connectivity index (χ2n) is 5.47. The average molecular weight is 284 g/mol. The summed E-state index contributed by atoms with van der Waals surface area (Å²) in [6.07, 6.45) is 0.353. The molecule has 21 heavy (non-hydrogen) atoms. The summed E-state index contributed by atoms with van der Waals surface area (Å²) in [7, 11) is 0. The van der Waals surface area contributed by atoms with Crippen molar-refractivity contribution in [1.82, 2.24) is 0 Å². The van der Waals surface area contributed by atoms with E-state index in [1.165, 1.54) is 6.92 Å². The minimum Gasteiger partial charge on any atom is -0.465 e. The third-order valence-corrected chi connectivity index (χ3v) is 3.87. The Morgan fingerprint density at radius 2 is 1.76 bits per heavy atom. The average Bonchev–Trinajstić information content (AvgIpc) is 2.47. The number of benzene rings is 2. The van der Waals surface area contributed by atoms with Crippen molar-refractivity contribution in [2.75, 3.05) is 6.61 Å². The van der Waals surface area contributed by atoms with Gasteiger partial charge in [-0.15, -0.1) is 0 Å². The molecule has 0 radical (unpaired) electrons. The molecule has 0 aromatic heterocycles. The fourth-order valence-electron chi connectivity index (χ4n) is 2.39. The smallest absolute Gasteiger partial charge is 0.319 e. The maximum atomic E-state index is 12.1. The third-order valence-electron chi connectivity index (χ3n) is 3.87. The maximum Gasteiger partial charge on any atom is 0.319 e. The topological polar surface area (TPSA) is 43.4 Å². The van der Waals surface area contributed by atoms with E-state index in [9.17, 15) is 9.59 Å². The number of Topliss-reactive ketones (excluding diaryl/α,β-unsaturated/α-hetero) is 1. The summed E-state index contributed by atoms with van der Waals surface area (Å²) in [5.41, 5.74) is -0.169. The molecular formula is C18H20O3. The summed E-state index contributed by atoms with van der Waals surface area (Å²) in [5.74, 6) is -0.625. The second kappa shape index (κ2) is 6.08. The van der Waals surface area contributed by atoms with Crippen molar-refractivity contribution in [3.05, 3.63) is 48.0 Å². The van der Waals surface area contributed by atoms with E-state index in [0.717, 1.165) is 16.3 Å². The van der Waals surface area contributed by atoms with Gasteiger partial charge in [0.2, 0.25) is 0 Å². The van der Waals surface area contributed by atoms with Crippen LogP contribution in [0.4, 0.5) is 0 Å². The molecule has 1 atom stereocenters. The molecule has 110 valence electrons. The molecule has 0 heterocycles. The molecule has 2 rings (SSSR count). The summed E-state index contributed by atoms with van der Waals surface area (Å²) in [6.45, 7) is 5.12. The molecule has 0 N–H and O–H groups in total. The van der Waals surface area contributed by atoms with Crippen LogP contribution in [-0.4, -0.2) is 18.4 Å². The summed E-state index contributed by atoms with van der Waals surface area (Å²) < 4.78 is 5.07. The van der Waals surface area contributed by atoms with Gasteiger partial charge in [0, 0.05) is 0 Å². The standard InChI is InChI=1S/C18H20O3/c1-4-21-17(20)18(3,13(2)19)12-14-9-10-15-7-5-6-8-16(15)11-14/h5-11H,4,12H2,1-3H3/t18-/m1/s1. The Labute approximate surface area is 124 Å². The Morgan fingerprint density at radius 3 is 2.38 bits per heavy atom. The van der Waals surface area contributed by atoms with E-state index in [1.54, 1.807) is 13.8 Å². The number of fused-ring (bicyclic) bond motifs is 1. The van der Waals surface area contributed by atoms with Gasteiger partial charge >= 0.3 is 5.97 Å². The highest BCUT2D eigenvalue weighted by Crippen LogP contribution is 2.27. The van der Waals surface area contributed by atoms with Crippen molar-refractivity contribution >= 4 is 22.5 Å². The van der Waals surface area contributed by atoms with Crippen LogP contribution in [0.25, 0.3) is 10.8 Å². The van der Waals surface area contributed by atoms with Gasteiger partial charge in [-0.1, -0.05) is 42.5 Å². The van der Waals surface area contributed by atoms with Gasteiger partial charge in [0.1, 0.15) is 11.2 Å². The molecule has 3 nitrogen and oxygen atoms in total. The predicted octanol–water partition coefficient (Wildman–Crippen LogP) is 3.54. The van der Waals surface area contributed by atoms with Crippen molar-refractivity contribution in [2.45, 2.75) is 27.2 Å². The number of rotatable bonds is 5. The number of carbonyl (C=O) groups is 2. The summed E-state index contributed by atoms with van der Waals surface area (Å²) >= 11 is 0. The molecule has 2 aromatic rings. The number of ketones is 1. The predicted molar refractivity (Wildman–Crippen MR) is 83.1 cm³/mol. The molecule has 3 heteroatoms. The lowest BCUT2D eigenvalue weighted by Crippen LogP contribution is -2.38. The lowest BCUT2D eigenvalue weighted by Gasteiger charge is -2.24. The minimum atomic E-state index is -1.13. The van der Waals surface area contributed by atoms with Crippen molar-refractivity contribution in [3.63, 3.8) is 0 Å². The second-order valence-corrected chi connectivity index (χ2v) is 5.47. The first kappa shape index (κ1) is 15.2. The molecule has 0 fully saturated rings. The quantitative estimate of drug-likeness (QED) is 0.623. The van der Waals surface area contributed by atoms with Crippen molar-refractivity contribution in [3.8, 4) is 0 Å². The van der Waals surface area contributed by atoms with Gasteiger partial charge in [0.25, 0.3) is 0 Å². The lowest BCUT2D eigenvalue weighted by molar-refractivity contribution is -0.158. The zero-order valence-electron chi connectivity index (χ0n) is 12.7. The van der Waals surface area contributed by atoms with Gasteiger partial charge in [-0.05, 0) is 43.5 Å². The summed E-state index contributed by atoms with van der Waals surface area (Å²) in [5, 5.41) is 2.24. The van der Waals surface area contributed by atoms with E-state index >= 15 is 0 Å². The first-order valence-corrected chi connectivity index (χ1v) is 7.13. The van der Waals surface area contributed by atoms with E-state index in [2.05, 4.69) is 0 Å². The van der Waals surface area contributed by atoms with Gasteiger partial charge in [0.15, 0.2) is 0 Å². The Bertz CT molecular complexity index is 675. The number of hydrogen-bond donors (Lipinski definition) is 0. The van der Waals surface area contributed by atoms with E-state index in [-0.39, 0.29) is 12.4 Å². The fourth-order valence-corrected chi connectivity index (χ4v) is 2.39. The highest BCUT2D eigenvalue weighted by atomic mass is 16.5. The summed E-state index contributed by atoms with van der Waals surface area (Å²) in [4.78, 5) is 24.1. The minimum absolute atomic E-state index is 0.172. The Hall–Kier alpha value is -2.16. The molecule has 0 saturated heterocycles. The molecule has 0 spiro atoms. The van der Waals surface area contributed by atoms with Crippen LogP contribution < -0.4 is 0 Å². The maximum absolute atomic E-state index is 12.1. The van der Waals surface area contributed by atoms with Crippen molar-refractivity contribution < 1.29 is 14.3 Å². The van der Waals surface area contributed by atoms with E-state index in [0.29, 0.717) is 6.42 Å². The van der Waals surface area contributed by atoms with Crippen LogP contribution in [0.2, 0.25) is 0 Å². The highest BCUT2D eigenvalue weighted by Gasteiger charge is 2.39. The molecule has 0 aliphatic heterocycles. The van der Waals surface area contributed by atoms with E-state index in [1.807, 2.05) is 42.5 Å². The number of carbonyl (C=O) groups excluding carboxylic acids is 2. The Balaban J connectivity index is 2.34. The zero-order valence-corrected chi connectivity index (χ0v) is 12.7. The van der Waals surface area contributed by atoms with Crippen LogP contribution in [0, 0.1) is 5.41 Å².